The molecule has 0 amide bonds. The largest absolute Gasteiger partial charge is 0.466 e. The van der Waals surface area contributed by atoms with Crippen LogP contribution in [0.3, 0.4) is 0 Å². The van der Waals surface area contributed by atoms with E-state index in [1.165, 1.54) is 28.9 Å². The first-order chi connectivity index (χ1) is 26.8. The van der Waals surface area contributed by atoms with Crippen LogP contribution in [0.25, 0.3) is 16.6 Å². The highest BCUT2D eigenvalue weighted by atomic mass is 28.4. The molecule has 0 bridgehead atoms. The van der Waals surface area contributed by atoms with Crippen molar-refractivity contribution in [3.8, 4) is 17.2 Å². The molecule has 0 atom stereocenters. The summed E-state index contributed by atoms with van der Waals surface area (Å²) < 4.78 is 73.4. The van der Waals surface area contributed by atoms with Gasteiger partial charge in [0.15, 0.2) is 25.7 Å². The Hall–Kier alpha value is -4.38. The molecule has 0 saturated heterocycles. The van der Waals surface area contributed by atoms with Crippen molar-refractivity contribution in [2.24, 2.45) is 0 Å². The van der Waals surface area contributed by atoms with Crippen LogP contribution in [0.15, 0.2) is 66.9 Å². The number of esters is 1. The smallest absolute Gasteiger partial charge is 0.306 e. The number of carbonyl (C=O) groups is 1. The minimum atomic E-state index is -2.02. The molecule has 0 fully saturated rings. The predicted octanol–water partition coefficient (Wildman–Crippen LogP) is 10.9. The summed E-state index contributed by atoms with van der Waals surface area (Å²) in [7, 11) is -3.31. The van der Waals surface area contributed by atoms with Gasteiger partial charge in [0, 0.05) is 63.8 Å². The number of halogens is 3. The molecule has 0 aliphatic heterocycles. The summed E-state index contributed by atoms with van der Waals surface area (Å²) in [5, 5.41) is 8.37. The number of rotatable bonds is 19. The van der Waals surface area contributed by atoms with Gasteiger partial charge in [-0.15, -0.1) is 0 Å². The second kappa shape index (κ2) is 18.5. The number of fused-ring (bicyclic) bond motifs is 1. The molecular formula is C43H57F3N4O5Si2. The average molecular weight is 823 g/mol. The third kappa shape index (κ3) is 11.6. The molecular weight excluding hydrogens is 766 g/mol. The number of nitrogens with one attached hydrogen (secondary N) is 1. The highest BCUT2D eigenvalue weighted by Gasteiger charge is 2.37. The minimum Gasteiger partial charge on any atom is -0.466 e. The first-order valence-corrected chi connectivity index (χ1v) is 26.2. The zero-order chi connectivity index (χ0) is 41.5. The Labute approximate surface area is 336 Å². The number of aryl methyl sites for hydroxylation is 1. The highest BCUT2D eigenvalue weighted by Crippen LogP contribution is 2.37. The number of anilines is 1. The quantitative estimate of drug-likeness (QED) is 0.0504. The number of nitrogens with zero attached hydrogens (tertiary/aromatic N) is 3. The van der Waals surface area contributed by atoms with Gasteiger partial charge < -0.3 is 28.5 Å². The SMILES string of the molecule is CCOC(=O)CCc1cccc(Cc2cc(NCCO[Si](C)(C)C(C)(C)C)n(-c3cc(Oc4c(F)cc5c(ccn5COCC[Si](C)(C)C)c4F)ccc3F)n2)c1. The van der Waals surface area contributed by atoms with Crippen LogP contribution in [0.1, 0.15) is 50.9 Å². The zero-order valence-corrected chi connectivity index (χ0v) is 36.7. The Morgan fingerprint density at radius 2 is 1.67 bits per heavy atom. The van der Waals surface area contributed by atoms with Crippen molar-refractivity contribution in [2.45, 2.75) is 97.5 Å². The van der Waals surface area contributed by atoms with Crippen LogP contribution in [0.2, 0.25) is 43.8 Å². The maximum absolute atomic E-state index is 15.9. The van der Waals surface area contributed by atoms with E-state index in [9.17, 15) is 4.79 Å². The second-order valence-corrected chi connectivity index (χ2v) is 27.5. The molecule has 0 radical (unpaired) electrons. The van der Waals surface area contributed by atoms with Crippen LogP contribution >= 0.6 is 0 Å². The maximum Gasteiger partial charge on any atom is 0.306 e. The number of benzene rings is 3. The van der Waals surface area contributed by atoms with Gasteiger partial charge in [0.05, 0.1) is 24.4 Å². The molecule has 5 rings (SSSR count). The lowest BCUT2D eigenvalue weighted by molar-refractivity contribution is -0.143. The first kappa shape index (κ1) is 43.7. The topological polar surface area (TPSA) is 88.8 Å². The monoisotopic (exact) mass is 822 g/mol. The fraction of sp³-hybridized carbons (Fsp3) is 0.442. The van der Waals surface area contributed by atoms with Crippen molar-refractivity contribution in [1.29, 1.82) is 0 Å². The number of hydrogen-bond donors (Lipinski definition) is 1. The van der Waals surface area contributed by atoms with E-state index in [0.29, 0.717) is 56.2 Å². The van der Waals surface area contributed by atoms with Crippen LogP contribution in [-0.4, -0.2) is 63.1 Å². The first-order valence-electron chi connectivity index (χ1n) is 19.6. The lowest BCUT2D eigenvalue weighted by Gasteiger charge is -2.36. The molecule has 0 unspecified atom stereocenters. The standard InChI is InChI=1S/C43H57F3N4O5Si2/c1-10-53-40(51)17-14-30-12-11-13-31(24-30)25-32-26-39(47-19-21-54-57(8,9)43(2,3)4)50(48-32)38-27-33(15-16-35(38)44)55-42-36(45)28-37-34(41(42)46)18-20-49(37)29-52-22-23-56(5,6)7/h11-13,15-16,18,20,24,26-28,47H,10,14,17,19,21-23,25,29H2,1-9H3. The van der Waals surface area contributed by atoms with Crippen molar-refractivity contribution in [1.82, 2.24) is 14.3 Å². The van der Waals surface area contributed by atoms with Gasteiger partial charge in [-0.25, -0.2) is 17.9 Å². The van der Waals surface area contributed by atoms with Crippen LogP contribution < -0.4 is 10.1 Å². The van der Waals surface area contributed by atoms with Gasteiger partial charge in [-0.2, -0.15) is 5.10 Å². The summed E-state index contributed by atoms with van der Waals surface area (Å²) in [5.41, 5.74) is 2.95. The van der Waals surface area contributed by atoms with E-state index < -0.39 is 39.6 Å². The van der Waals surface area contributed by atoms with Crippen molar-refractivity contribution in [2.75, 3.05) is 31.7 Å². The molecule has 57 heavy (non-hydrogen) atoms. The van der Waals surface area contributed by atoms with Gasteiger partial charge in [-0.1, -0.05) is 64.7 Å². The number of hydrogen-bond acceptors (Lipinski definition) is 7. The maximum atomic E-state index is 15.9. The Bertz CT molecular complexity index is 2160. The summed E-state index contributed by atoms with van der Waals surface area (Å²) in [4.78, 5) is 12.0. The fourth-order valence-electron chi connectivity index (χ4n) is 5.94. The van der Waals surface area contributed by atoms with E-state index in [4.69, 9.17) is 23.7 Å². The van der Waals surface area contributed by atoms with Gasteiger partial charge in [0.1, 0.15) is 29.8 Å². The van der Waals surface area contributed by atoms with Crippen molar-refractivity contribution in [3.63, 3.8) is 0 Å². The van der Waals surface area contributed by atoms with Gasteiger partial charge >= 0.3 is 5.97 Å². The van der Waals surface area contributed by atoms with Crippen LogP contribution in [0, 0.1) is 17.5 Å². The van der Waals surface area contributed by atoms with E-state index in [1.54, 1.807) is 23.8 Å². The number of aromatic nitrogens is 3. The summed E-state index contributed by atoms with van der Waals surface area (Å²) >= 11 is 0. The lowest BCUT2D eigenvalue weighted by Crippen LogP contribution is -2.41. The molecule has 9 nitrogen and oxygen atoms in total. The normalized spacial score (nSPS) is 12.4. The van der Waals surface area contributed by atoms with E-state index >= 15 is 13.2 Å². The fourth-order valence-corrected chi connectivity index (χ4v) is 7.74. The Morgan fingerprint density at radius 3 is 2.39 bits per heavy atom. The van der Waals surface area contributed by atoms with Crippen LogP contribution in [-0.2, 0) is 38.3 Å². The van der Waals surface area contributed by atoms with Crippen molar-refractivity contribution < 1.29 is 36.6 Å². The molecule has 3 aromatic carbocycles. The molecule has 0 aliphatic rings. The van der Waals surface area contributed by atoms with Crippen LogP contribution in [0.4, 0.5) is 19.0 Å². The second-order valence-electron chi connectivity index (χ2n) is 17.1. The Morgan fingerprint density at radius 1 is 0.912 bits per heavy atom. The predicted molar refractivity (Wildman–Crippen MR) is 225 cm³/mol. The number of ether oxygens (including phenoxy) is 3. The molecule has 2 aromatic heterocycles. The molecule has 14 heteroatoms. The van der Waals surface area contributed by atoms with E-state index in [-0.39, 0.29) is 41.0 Å². The zero-order valence-electron chi connectivity index (χ0n) is 34.7. The summed E-state index contributed by atoms with van der Waals surface area (Å²) in [6.07, 6.45) is 2.89. The highest BCUT2D eigenvalue weighted by molar-refractivity contribution is 6.76. The van der Waals surface area contributed by atoms with Crippen molar-refractivity contribution in [3.05, 3.63) is 101 Å². The summed E-state index contributed by atoms with van der Waals surface area (Å²) in [5.74, 6) is -2.69. The van der Waals surface area contributed by atoms with Gasteiger partial charge in [-0.05, 0) is 66.8 Å². The number of carbonyl (C=O) groups excluding carboxylic acids is 1. The average Bonchev–Trinajstić information content (AvgIpc) is 3.73. The molecule has 5 aromatic rings. The van der Waals surface area contributed by atoms with E-state index in [1.807, 2.05) is 30.3 Å². The molecule has 0 spiro atoms. The summed E-state index contributed by atoms with van der Waals surface area (Å²) in [6, 6.07) is 17.4. The molecule has 2 heterocycles. The summed E-state index contributed by atoms with van der Waals surface area (Å²) in [6.45, 7) is 21.4. The minimum absolute atomic E-state index is 0.0243. The third-order valence-electron chi connectivity index (χ3n) is 10.3. The molecule has 0 aliphatic carbocycles. The molecule has 0 saturated carbocycles. The third-order valence-corrected chi connectivity index (χ3v) is 16.5. The van der Waals surface area contributed by atoms with E-state index in [2.05, 4.69) is 58.8 Å². The molecule has 308 valence electrons. The Kier molecular flexibility index (Phi) is 14.2. The molecule has 1 N–H and O–H groups in total. The van der Waals surface area contributed by atoms with Gasteiger partial charge in [0.2, 0.25) is 0 Å². The lowest BCUT2D eigenvalue weighted by atomic mass is 10.0. The van der Waals surface area contributed by atoms with Gasteiger partial charge in [-0.3, -0.25) is 4.79 Å². The van der Waals surface area contributed by atoms with Crippen LogP contribution in [0.5, 0.6) is 11.5 Å². The van der Waals surface area contributed by atoms with Crippen molar-refractivity contribution >= 4 is 39.1 Å². The Balaban J connectivity index is 1.40. The van der Waals surface area contributed by atoms with Gasteiger partial charge in [0.25, 0.3) is 0 Å². The van der Waals surface area contributed by atoms with E-state index in [0.717, 1.165) is 17.2 Å².